The average molecular weight is 290 g/mol. The van der Waals surface area contributed by atoms with Crippen LogP contribution in [0.5, 0.6) is 0 Å². The second-order valence-electron chi connectivity index (χ2n) is 4.82. The zero-order chi connectivity index (χ0) is 13.5. The van der Waals surface area contributed by atoms with Crippen molar-refractivity contribution in [3.8, 4) is 0 Å². The molecule has 19 heavy (non-hydrogen) atoms. The van der Waals surface area contributed by atoms with Gasteiger partial charge in [0.05, 0.1) is 0 Å². The maximum absolute atomic E-state index is 12.3. The Balaban J connectivity index is 1.62. The van der Waals surface area contributed by atoms with Crippen LogP contribution in [0.1, 0.15) is 50.0 Å². The molecular weight excluding hydrogens is 270 g/mol. The van der Waals surface area contributed by atoms with Crippen molar-refractivity contribution >= 4 is 16.5 Å². The first-order valence-electron chi connectivity index (χ1n) is 6.84. The molecule has 7 heteroatoms. The number of halogens is 2. The molecule has 1 aliphatic carbocycles. The number of nitrogens with one attached hydrogen (secondary N) is 2. The van der Waals surface area contributed by atoms with Crippen LogP contribution in [-0.4, -0.2) is 29.3 Å². The van der Waals surface area contributed by atoms with Crippen LogP contribution in [0.2, 0.25) is 0 Å². The molecule has 0 unspecified atom stereocenters. The molecule has 0 radical (unpaired) electrons. The minimum Gasteiger partial charge on any atom is -0.359 e. The smallest absolute Gasteiger partial charge is 0.291 e. The highest BCUT2D eigenvalue weighted by Crippen LogP contribution is 2.24. The minimum atomic E-state index is -2.53. The van der Waals surface area contributed by atoms with Crippen LogP contribution >= 0.6 is 11.3 Å². The van der Waals surface area contributed by atoms with Gasteiger partial charge in [-0.25, -0.2) is 8.78 Å². The number of hydrogen-bond acceptors (Lipinski definition) is 5. The van der Waals surface area contributed by atoms with E-state index in [1.54, 1.807) is 0 Å². The fraction of sp³-hybridized carbons (Fsp3) is 0.833. The van der Waals surface area contributed by atoms with Crippen LogP contribution in [0.4, 0.5) is 13.9 Å². The topological polar surface area (TPSA) is 49.8 Å². The second kappa shape index (κ2) is 7.69. The Labute approximate surface area is 116 Å². The summed E-state index contributed by atoms with van der Waals surface area (Å²) in [5.41, 5.74) is 0. The van der Waals surface area contributed by atoms with Gasteiger partial charge in [-0.05, 0) is 12.8 Å². The first-order valence-corrected chi connectivity index (χ1v) is 7.66. The summed E-state index contributed by atoms with van der Waals surface area (Å²) >= 11 is 0.919. The van der Waals surface area contributed by atoms with E-state index in [0.29, 0.717) is 17.7 Å². The van der Waals surface area contributed by atoms with Gasteiger partial charge < -0.3 is 10.6 Å². The van der Waals surface area contributed by atoms with E-state index in [1.165, 1.54) is 38.5 Å². The number of hydrogen-bond donors (Lipinski definition) is 2. The van der Waals surface area contributed by atoms with Crippen molar-refractivity contribution in [3.63, 3.8) is 0 Å². The maximum atomic E-state index is 12.3. The lowest BCUT2D eigenvalue weighted by atomic mass is 10.1. The predicted octanol–water partition coefficient (Wildman–Crippen LogP) is 3.20. The van der Waals surface area contributed by atoms with Gasteiger partial charge in [0.25, 0.3) is 6.43 Å². The lowest BCUT2D eigenvalue weighted by Gasteiger charge is -2.15. The summed E-state index contributed by atoms with van der Waals surface area (Å²) in [6.07, 6.45) is 5.26. The summed E-state index contributed by atoms with van der Waals surface area (Å²) < 4.78 is 24.6. The molecule has 2 N–H and O–H groups in total. The molecule has 0 atom stereocenters. The van der Waals surface area contributed by atoms with Gasteiger partial charge in [-0.15, -0.1) is 10.2 Å². The number of alkyl halides is 2. The van der Waals surface area contributed by atoms with Crippen LogP contribution in [0, 0.1) is 0 Å². The van der Waals surface area contributed by atoms with E-state index >= 15 is 0 Å². The Bertz CT molecular complexity index is 364. The molecule has 108 valence electrons. The summed E-state index contributed by atoms with van der Waals surface area (Å²) in [5, 5.41) is 13.9. The molecule has 1 heterocycles. The molecule has 1 saturated carbocycles. The van der Waals surface area contributed by atoms with Gasteiger partial charge >= 0.3 is 0 Å². The van der Waals surface area contributed by atoms with Gasteiger partial charge in [0, 0.05) is 19.1 Å². The van der Waals surface area contributed by atoms with Gasteiger partial charge in [-0.3, -0.25) is 0 Å². The zero-order valence-corrected chi connectivity index (χ0v) is 11.7. The van der Waals surface area contributed by atoms with Crippen molar-refractivity contribution in [2.75, 3.05) is 18.4 Å². The Morgan fingerprint density at radius 2 is 1.84 bits per heavy atom. The summed E-state index contributed by atoms with van der Waals surface area (Å²) in [4.78, 5) is 0. The van der Waals surface area contributed by atoms with E-state index < -0.39 is 6.43 Å². The van der Waals surface area contributed by atoms with E-state index in [1.807, 2.05) is 0 Å². The number of rotatable bonds is 6. The molecule has 4 nitrogen and oxygen atoms in total. The third-order valence-electron chi connectivity index (χ3n) is 3.32. The first-order chi connectivity index (χ1) is 9.25. The Morgan fingerprint density at radius 1 is 1.11 bits per heavy atom. The van der Waals surface area contributed by atoms with Gasteiger partial charge in [0.15, 0.2) is 5.01 Å². The number of nitrogens with zero attached hydrogens (tertiary/aromatic N) is 2. The Kier molecular flexibility index (Phi) is 5.91. The van der Waals surface area contributed by atoms with Gasteiger partial charge in [0.2, 0.25) is 5.13 Å². The summed E-state index contributed by atoms with van der Waals surface area (Å²) in [6, 6.07) is 0.607. The average Bonchev–Trinajstić information content (AvgIpc) is 2.72. The van der Waals surface area contributed by atoms with E-state index in [2.05, 4.69) is 20.8 Å². The summed E-state index contributed by atoms with van der Waals surface area (Å²) in [6.45, 7) is 1.52. The largest absolute Gasteiger partial charge is 0.359 e. The van der Waals surface area contributed by atoms with Crippen LogP contribution < -0.4 is 10.6 Å². The highest BCUT2D eigenvalue weighted by atomic mass is 32.1. The molecule has 0 saturated heterocycles. The molecule has 0 aromatic carbocycles. The number of aromatic nitrogens is 2. The molecule has 1 aromatic rings. The predicted molar refractivity (Wildman–Crippen MR) is 72.8 cm³/mol. The van der Waals surface area contributed by atoms with Gasteiger partial charge in [-0.2, -0.15) is 0 Å². The monoisotopic (exact) mass is 290 g/mol. The Morgan fingerprint density at radius 3 is 2.47 bits per heavy atom. The molecule has 0 spiro atoms. The van der Waals surface area contributed by atoms with E-state index in [9.17, 15) is 8.78 Å². The SMILES string of the molecule is FC(F)c1nnc(NCCNC2CCCCCC2)s1. The first kappa shape index (κ1) is 14.6. The van der Waals surface area contributed by atoms with Crippen LogP contribution in [0.25, 0.3) is 0 Å². The molecule has 1 aromatic heterocycles. The lowest BCUT2D eigenvalue weighted by molar-refractivity contribution is 0.150. The van der Waals surface area contributed by atoms with Crippen molar-refractivity contribution in [1.82, 2.24) is 15.5 Å². The quantitative estimate of drug-likeness (QED) is 0.624. The van der Waals surface area contributed by atoms with Crippen molar-refractivity contribution in [2.24, 2.45) is 0 Å². The fourth-order valence-electron chi connectivity index (χ4n) is 2.32. The van der Waals surface area contributed by atoms with Crippen molar-refractivity contribution in [3.05, 3.63) is 5.01 Å². The van der Waals surface area contributed by atoms with Crippen molar-refractivity contribution in [1.29, 1.82) is 0 Å². The molecular formula is C12H20F2N4S. The van der Waals surface area contributed by atoms with Crippen LogP contribution in [0.3, 0.4) is 0 Å². The Hall–Kier alpha value is -0.820. The van der Waals surface area contributed by atoms with Crippen LogP contribution in [0.15, 0.2) is 0 Å². The lowest BCUT2D eigenvalue weighted by Crippen LogP contribution is -2.32. The maximum Gasteiger partial charge on any atom is 0.291 e. The molecule has 0 amide bonds. The van der Waals surface area contributed by atoms with E-state index in [-0.39, 0.29) is 5.01 Å². The fourth-order valence-corrected chi connectivity index (χ4v) is 2.95. The molecule has 2 rings (SSSR count). The molecule has 1 aliphatic rings. The molecule has 0 bridgehead atoms. The summed E-state index contributed by atoms with van der Waals surface area (Å²) in [7, 11) is 0. The van der Waals surface area contributed by atoms with E-state index in [0.717, 1.165) is 17.9 Å². The third-order valence-corrected chi connectivity index (χ3v) is 4.21. The number of anilines is 1. The molecule has 1 fully saturated rings. The standard InChI is InChI=1S/C12H20F2N4S/c13-10(14)11-17-18-12(19-11)16-8-7-15-9-5-3-1-2-4-6-9/h9-10,15H,1-8H2,(H,16,18). The van der Waals surface area contributed by atoms with Gasteiger partial charge in [0.1, 0.15) is 0 Å². The van der Waals surface area contributed by atoms with Crippen LogP contribution in [-0.2, 0) is 0 Å². The zero-order valence-electron chi connectivity index (χ0n) is 10.9. The highest BCUT2D eigenvalue weighted by molar-refractivity contribution is 7.15. The van der Waals surface area contributed by atoms with Crippen molar-refractivity contribution < 1.29 is 8.78 Å². The second-order valence-corrected chi connectivity index (χ2v) is 5.82. The summed E-state index contributed by atoms with van der Waals surface area (Å²) in [5.74, 6) is 0. The molecule has 0 aliphatic heterocycles. The minimum absolute atomic E-state index is 0.223. The van der Waals surface area contributed by atoms with Gasteiger partial charge in [-0.1, -0.05) is 37.0 Å². The third kappa shape index (κ3) is 4.99. The highest BCUT2D eigenvalue weighted by Gasteiger charge is 2.14. The normalized spacial score (nSPS) is 17.6. The van der Waals surface area contributed by atoms with Crippen molar-refractivity contribution in [2.45, 2.75) is 51.0 Å². The van der Waals surface area contributed by atoms with E-state index in [4.69, 9.17) is 0 Å².